The van der Waals surface area contributed by atoms with E-state index in [1.807, 2.05) is 20.8 Å². The number of aryl methyl sites for hydroxylation is 1. The van der Waals surface area contributed by atoms with E-state index < -0.39 is 11.5 Å². The van der Waals surface area contributed by atoms with Crippen molar-refractivity contribution in [3.63, 3.8) is 0 Å². The summed E-state index contributed by atoms with van der Waals surface area (Å²) >= 11 is 1.59. The van der Waals surface area contributed by atoms with Gasteiger partial charge in [-0.15, -0.1) is 5.10 Å². The molecule has 0 aromatic carbocycles. The summed E-state index contributed by atoms with van der Waals surface area (Å²) in [7, 11) is 0. The maximum absolute atomic E-state index is 11.4. The molecule has 1 rings (SSSR count). The minimum atomic E-state index is -0.847. The molecule has 1 unspecified atom stereocenters. The van der Waals surface area contributed by atoms with E-state index in [2.05, 4.69) is 20.5 Å². The number of hydrogen-bond acceptors (Lipinski definition) is 5. The molecule has 20 heavy (non-hydrogen) atoms. The molecule has 0 aliphatic heterocycles. The SMILES string of the molecule is Cc1nc(SCCCCC(C)(NC(C)C)C(=O)O)n[nH]1. The van der Waals surface area contributed by atoms with E-state index in [4.69, 9.17) is 0 Å². The molecule has 0 bridgehead atoms. The number of thioether (sulfide) groups is 1. The third-order valence-corrected chi connectivity index (χ3v) is 3.89. The van der Waals surface area contributed by atoms with Gasteiger partial charge in [0.05, 0.1) is 0 Å². The van der Waals surface area contributed by atoms with Gasteiger partial charge in [-0.05, 0) is 40.5 Å². The maximum atomic E-state index is 11.4. The maximum Gasteiger partial charge on any atom is 0.323 e. The van der Waals surface area contributed by atoms with E-state index in [9.17, 15) is 9.90 Å². The van der Waals surface area contributed by atoms with E-state index in [0.717, 1.165) is 29.6 Å². The first-order valence-electron chi connectivity index (χ1n) is 6.86. The second-order valence-electron chi connectivity index (χ2n) is 5.45. The first-order chi connectivity index (χ1) is 9.33. The van der Waals surface area contributed by atoms with Crippen molar-refractivity contribution in [2.24, 2.45) is 0 Å². The lowest BCUT2D eigenvalue weighted by molar-refractivity contribution is -0.144. The minimum absolute atomic E-state index is 0.154. The van der Waals surface area contributed by atoms with Crippen LogP contribution in [-0.4, -0.2) is 43.6 Å². The number of carboxylic acid groups (broad SMARTS) is 1. The van der Waals surface area contributed by atoms with Crippen LogP contribution >= 0.6 is 11.8 Å². The van der Waals surface area contributed by atoms with Gasteiger partial charge in [0.1, 0.15) is 11.4 Å². The molecule has 114 valence electrons. The van der Waals surface area contributed by atoms with Crippen molar-refractivity contribution in [1.82, 2.24) is 20.5 Å². The number of aliphatic carboxylic acids is 1. The molecule has 1 heterocycles. The van der Waals surface area contributed by atoms with Gasteiger partial charge in [0, 0.05) is 11.8 Å². The van der Waals surface area contributed by atoms with E-state index in [1.165, 1.54) is 0 Å². The molecule has 7 heteroatoms. The fraction of sp³-hybridized carbons (Fsp3) is 0.769. The molecule has 1 aromatic rings. The average molecular weight is 300 g/mol. The number of carbonyl (C=O) groups is 1. The van der Waals surface area contributed by atoms with Gasteiger partial charge < -0.3 is 5.11 Å². The molecule has 0 spiro atoms. The molecule has 0 aliphatic rings. The Bertz CT molecular complexity index is 436. The Morgan fingerprint density at radius 3 is 2.70 bits per heavy atom. The first kappa shape index (κ1) is 17.0. The first-order valence-corrected chi connectivity index (χ1v) is 7.85. The highest BCUT2D eigenvalue weighted by Crippen LogP contribution is 2.19. The number of aromatic amines is 1. The van der Waals surface area contributed by atoms with Crippen LogP contribution in [0.3, 0.4) is 0 Å². The van der Waals surface area contributed by atoms with Crippen LogP contribution in [0.5, 0.6) is 0 Å². The Hall–Kier alpha value is -1.08. The summed E-state index contributed by atoms with van der Waals surface area (Å²) in [6, 6.07) is 0.154. The highest BCUT2D eigenvalue weighted by atomic mass is 32.2. The Balaban J connectivity index is 2.29. The number of rotatable bonds is 9. The van der Waals surface area contributed by atoms with E-state index in [-0.39, 0.29) is 6.04 Å². The fourth-order valence-corrected chi connectivity index (χ4v) is 2.85. The largest absolute Gasteiger partial charge is 0.480 e. The van der Waals surface area contributed by atoms with Crippen LogP contribution in [0.15, 0.2) is 5.16 Å². The molecular formula is C13H24N4O2S. The summed E-state index contributed by atoms with van der Waals surface area (Å²) in [5.74, 6) is 0.921. The highest BCUT2D eigenvalue weighted by molar-refractivity contribution is 7.99. The van der Waals surface area contributed by atoms with Crippen LogP contribution in [-0.2, 0) is 4.79 Å². The van der Waals surface area contributed by atoms with Crippen LogP contribution in [0.2, 0.25) is 0 Å². The molecule has 0 fully saturated rings. The zero-order valence-corrected chi connectivity index (χ0v) is 13.4. The van der Waals surface area contributed by atoms with E-state index >= 15 is 0 Å². The second kappa shape index (κ2) is 7.64. The Labute approximate surface area is 124 Å². The van der Waals surface area contributed by atoms with Crippen LogP contribution in [0.1, 0.15) is 45.9 Å². The van der Waals surface area contributed by atoms with Gasteiger partial charge in [0.2, 0.25) is 5.16 Å². The molecule has 0 saturated carbocycles. The number of nitrogens with one attached hydrogen (secondary N) is 2. The summed E-state index contributed by atoms with van der Waals surface area (Å²) in [5, 5.41) is 20.1. The number of carboxylic acids is 1. The predicted molar refractivity (Wildman–Crippen MR) is 80.0 cm³/mol. The Kier molecular flexibility index (Phi) is 6.48. The third kappa shape index (κ3) is 5.50. The lowest BCUT2D eigenvalue weighted by atomic mass is 9.94. The lowest BCUT2D eigenvalue weighted by Crippen LogP contribution is -2.52. The summed E-state index contributed by atoms with van der Waals surface area (Å²) in [6.45, 7) is 7.54. The average Bonchev–Trinajstić information content (AvgIpc) is 2.73. The molecule has 0 radical (unpaired) electrons. The van der Waals surface area contributed by atoms with Crippen molar-refractivity contribution in [3.8, 4) is 0 Å². The van der Waals surface area contributed by atoms with Crippen LogP contribution in [0.25, 0.3) is 0 Å². The highest BCUT2D eigenvalue weighted by Gasteiger charge is 2.32. The molecule has 0 aliphatic carbocycles. The number of hydrogen-bond donors (Lipinski definition) is 3. The second-order valence-corrected chi connectivity index (χ2v) is 6.51. The van der Waals surface area contributed by atoms with E-state index in [1.54, 1.807) is 18.7 Å². The molecular weight excluding hydrogens is 276 g/mol. The third-order valence-electron chi connectivity index (χ3n) is 2.96. The van der Waals surface area contributed by atoms with Crippen molar-refractivity contribution >= 4 is 17.7 Å². The molecule has 1 aromatic heterocycles. The Morgan fingerprint density at radius 1 is 1.50 bits per heavy atom. The molecule has 0 amide bonds. The summed E-state index contributed by atoms with van der Waals surface area (Å²) in [5.41, 5.74) is -0.847. The smallest absolute Gasteiger partial charge is 0.323 e. The monoisotopic (exact) mass is 300 g/mol. The number of H-pyrrole nitrogens is 1. The van der Waals surface area contributed by atoms with Gasteiger partial charge in [-0.3, -0.25) is 15.2 Å². The number of nitrogens with zero attached hydrogens (tertiary/aromatic N) is 2. The van der Waals surface area contributed by atoms with Crippen molar-refractivity contribution in [3.05, 3.63) is 5.82 Å². The van der Waals surface area contributed by atoms with Gasteiger partial charge in [0.25, 0.3) is 0 Å². The van der Waals surface area contributed by atoms with Crippen LogP contribution in [0.4, 0.5) is 0 Å². The zero-order chi connectivity index (χ0) is 15.2. The lowest BCUT2D eigenvalue weighted by Gasteiger charge is -2.28. The normalized spacial score (nSPS) is 14.4. The van der Waals surface area contributed by atoms with Crippen LogP contribution in [0, 0.1) is 6.92 Å². The van der Waals surface area contributed by atoms with Crippen LogP contribution < -0.4 is 5.32 Å². The predicted octanol–water partition coefficient (Wildman–Crippen LogP) is 2.22. The fourth-order valence-electron chi connectivity index (χ4n) is 2.01. The van der Waals surface area contributed by atoms with Crippen molar-refractivity contribution in [1.29, 1.82) is 0 Å². The van der Waals surface area contributed by atoms with Gasteiger partial charge in [-0.25, -0.2) is 4.98 Å². The zero-order valence-electron chi connectivity index (χ0n) is 12.6. The van der Waals surface area contributed by atoms with Gasteiger partial charge >= 0.3 is 5.97 Å². The number of aromatic nitrogens is 3. The summed E-state index contributed by atoms with van der Waals surface area (Å²) in [4.78, 5) is 15.6. The van der Waals surface area contributed by atoms with Gasteiger partial charge in [-0.1, -0.05) is 18.2 Å². The topological polar surface area (TPSA) is 90.9 Å². The Morgan fingerprint density at radius 2 is 2.20 bits per heavy atom. The molecule has 1 atom stereocenters. The molecule has 0 saturated heterocycles. The van der Waals surface area contributed by atoms with Crippen molar-refractivity contribution in [2.45, 2.75) is 63.7 Å². The van der Waals surface area contributed by atoms with Gasteiger partial charge in [-0.2, -0.15) is 0 Å². The quantitative estimate of drug-likeness (QED) is 0.478. The standard InChI is InChI=1S/C13H24N4O2S/c1-9(2)15-13(4,11(18)19)7-5-6-8-20-12-14-10(3)16-17-12/h9,15H,5-8H2,1-4H3,(H,18,19)(H,14,16,17). The minimum Gasteiger partial charge on any atom is -0.480 e. The summed E-state index contributed by atoms with van der Waals surface area (Å²) in [6.07, 6.45) is 2.42. The van der Waals surface area contributed by atoms with Crippen molar-refractivity contribution in [2.75, 3.05) is 5.75 Å². The number of unbranched alkanes of at least 4 members (excludes halogenated alkanes) is 1. The molecule has 3 N–H and O–H groups in total. The molecule has 6 nitrogen and oxygen atoms in total. The van der Waals surface area contributed by atoms with Gasteiger partial charge in [0.15, 0.2) is 0 Å². The van der Waals surface area contributed by atoms with E-state index in [0.29, 0.717) is 6.42 Å². The summed E-state index contributed by atoms with van der Waals surface area (Å²) < 4.78 is 0. The van der Waals surface area contributed by atoms with Crippen molar-refractivity contribution < 1.29 is 9.90 Å².